The molecule has 1 fully saturated rings. The molecule has 2 N–H and O–H groups in total. The van der Waals surface area contributed by atoms with Crippen molar-refractivity contribution in [3.63, 3.8) is 0 Å². The third-order valence-electron chi connectivity index (χ3n) is 4.26. The molecule has 4 heteroatoms. The van der Waals surface area contributed by atoms with E-state index in [2.05, 4.69) is 12.2 Å². The number of carbonyl (C=O) groups excluding carboxylic acids is 1. The van der Waals surface area contributed by atoms with Gasteiger partial charge in [-0.2, -0.15) is 0 Å². The lowest BCUT2D eigenvalue weighted by molar-refractivity contribution is -0.131. The van der Waals surface area contributed by atoms with E-state index in [4.69, 9.17) is 5.11 Å². The summed E-state index contributed by atoms with van der Waals surface area (Å²) in [5, 5.41) is 11.7. The molecule has 112 valence electrons. The summed E-state index contributed by atoms with van der Waals surface area (Å²) < 4.78 is 0. The molecule has 0 heterocycles. The lowest BCUT2D eigenvalue weighted by Gasteiger charge is -2.38. The van der Waals surface area contributed by atoms with Crippen molar-refractivity contribution >= 4 is 18.0 Å². The van der Waals surface area contributed by atoms with Crippen LogP contribution in [-0.2, 0) is 4.79 Å². The summed E-state index contributed by atoms with van der Waals surface area (Å²) in [5.74, 6) is -1.09. The minimum atomic E-state index is -0.998. The van der Waals surface area contributed by atoms with Crippen LogP contribution in [0.25, 0.3) is 6.08 Å². The van der Waals surface area contributed by atoms with Crippen molar-refractivity contribution in [3.8, 4) is 0 Å². The number of amides is 1. The van der Waals surface area contributed by atoms with Crippen LogP contribution < -0.4 is 5.32 Å². The van der Waals surface area contributed by atoms with Crippen LogP contribution in [0, 0.1) is 12.3 Å². The fourth-order valence-electron chi connectivity index (χ4n) is 2.59. The van der Waals surface area contributed by atoms with Crippen LogP contribution in [0.3, 0.4) is 0 Å². The summed E-state index contributed by atoms with van der Waals surface area (Å²) >= 11 is 0. The molecule has 1 amide bonds. The number of hydrogen-bond acceptors (Lipinski definition) is 2. The first kappa shape index (κ1) is 15.3. The fraction of sp³-hybridized carbons (Fsp3) is 0.412. The van der Waals surface area contributed by atoms with Crippen LogP contribution in [0.2, 0.25) is 0 Å². The van der Waals surface area contributed by atoms with Crippen molar-refractivity contribution in [2.75, 3.05) is 6.54 Å². The molecule has 1 aromatic rings. The Kier molecular flexibility index (Phi) is 4.46. The Hall–Kier alpha value is -2.10. The van der Waals surface area contributed by atoms with Gasteiger partial charge in [0.15, 0.2) is 0 Å². The summed E-state index contributed by atoms with van der Waals surface area (Å²) in [5.41, 5.74) is 2.39. The summed E-state index contributed by atoms with van der Waals surface area (Å²) in [6, 6.07) is 5.35. The number of carboxylic acid groups (broad SMARTS) is 1. The molecule has 0 saturated heterocycles. The van der Waals surface area contributed by atoms with Crippen molar-refractivity contribution in [2.24, 2.45) is 5.41 Å². The number of hydrogen-bond donors (Lipinski definition) is 2. The highest BCUT2D eigenvalue weighted by atomic mass is 16.4. The smallest absolute Gasteiger partial charge is 0.328 e. The topological polar surface area (TPSA) is 66.4 Å². The van der Waals surface area contributed by atoms with Gasteiger partial charge < -0.3 is 10.4 Å². The van der Waals surface area contributed by atoms with Gasteiger partial charge in [-0.3, -0.25) is 4.79 Å². The zero-order chi connectivity index (χ0) is 15.5. The Balaban J connectivity index is 2.10. The normalized spacial score (nSPS) is 16.5. The number of carboxylic acids is 1. The SMILES string of the molecule is Cc1c(/C=C/C(=O)O)cccc1C(=O)NCC1(C)CCC1. The van der Waals surface area contributed by atoms with Crippen molar-refractivity contribution < 1.29 is 14.7 Å². The van der Waals surface area contributed by atoms with Gasteiger partial charge in [-0.15, -0.1) is 0 Å². The molecule has 0 aliphatic heterocycles. The summed E-state index contributed by atoms with van der Waals surface area (Å²) in [6.45, 7) is 4.72. The van der Waals surface area contributed by atoms with Crippen molar-refractivity contribution in [2.45, 2.75) is 33.1 Å². The lowest BCUT2D eigenvalue weighted by atomic mass is 9.70. The maximum Gasteiger partial charge on any atom is 0.328 e. The Morgan fingerprint density at radius 1 is 1.38 bits per heavy atom. The van der Waals surface area contributed by atoms with Gasteiger partial charge in [-0.05, 0) is 48.4 Å². The van der Waals surface area contributed by atoms with Gasteiger partial charge in [0.2, 0.25) is 0 Å². The van der Waals surface area contributed by atoms with Crippen LogP contribution >= 0.6 is 0 Å². The Morgan fingerprint density at radius 3 is 2.67 bits per heavy atom. The Labute approximate surface area is 124 Å². The Morgan fingerprint density at radius 2 is 2.10 bits per heavy atom. The molecule has 2 rings (SSSR count). The van der Waals surface area contributed by atoms with Gasteiger partial charge >= 0.3 is 5.97 Å². The third kappa shape index (κ3) is 3.72. The molecule has 1 saturated carbocycles. The van der Waals surface area contributed by atoms with E-state index >= 15 is 0 Å². The molecule has 1 aliphatic carbocycles. The number of aliphatic carboxylic acids is 1. The molecule has 1 aliphatic rings. The van der Waals surface area contributed by atoms with E-state index in [1.807, 2.05) is 6.92 Å². The van der Waals surface area contributed by atoms with E-state index in [1.54, 1.807) is 18.2 Å². The molecule has 0 unspecified atom stereocenters. The quantitative estimate of drug-likeness (QED) is 0.818. The number of carbonyl (C=O) groups is 2. The van der Waals surface area contributed by atoms with Crippen LogP contribution in [0.5, 0.6) is 0 Å². The van der Waals surface area contributed by atoms with Crippen LogP contribution in [0.1, 0.15) is 47.7 Å². The fourth-order valence-corrected chi connectivity index (χ4v) is 2.59. The average Bonchev–Trinajstić information content (AvgIpc) is 2.41. The first-order chi connectivity index (χ1) is 9.91. The highest BCUT2D eigenvalue weighted by Crippen LogP contribution is 2.39. The van der Waals surface area contributed by atoms with E-state index in [0.29, 0.717) is 12.1 Å². The van der Waals surface area contributed by atoms with Gasteiger partial charge in [0.05, 0.1) is 0 Å². The minimum absolute atomic E-state index is 0.0915. The second kappa shape index (κ2) is 6.12. The molecule has 21 heavy (non-hydrogen) atoms. The predicted octanol–water partition coefficient (Wildman–Crippen LogP) is 3.01. The second-order valence-corrected chi connectivity index (χ2v) is 6.04. The van der Waals surface area contributed by atoms with Gasteiger partial charge in [0.25, 0.3) is 5.91 Å². The van der Waals surface area contributed by atoms with Crippen molar-refractivity contribution in [1.82, 2.24) is 5.32 Å². The Bertz CT molecular complexity index is 586. The highest BCUT2D eigenvalue weighted by Gasteiger charge is 2.32. The summed E-state index contributed by atoms with van der Waals surface area (Å²) in [4.78, 5) is 22.9. The van der Waals surface area contributed by atoms with E-state index in [9.17, 15) is 9.59 Å². The molecule has 0 atom stereocenters. The van der Waals surface area contributed by atoms with Gasteiger partial charge in [-0.25, -0.2) is 4.79 Å². The highest BCUT2D eigenvalue weighted by molar-refractivity contribution is 5.97. The van der Waals surface area contributed by atoms with E-state index in [-0.39, 0.29) is 11.3 Å². The molecular weight excluding hydrogens is 266 g/mol. The maximum atomic E-state index is 12.3. The predicted molar refractivity (Wildman–Crippen MR) is 82.1 cm³/mol. The lowest BCUT2D eigenvalue weighted by Crippen LogP contribution is -2.40. The van der Waals surface area contributed by atoms with E-state index < -0.39 is 5.97 Å². The van der Waals surface area contributed by atoms with Crippen LogP contribution in [0.15, 0.2) is 24.3 Å². The van der Waals surface area contributed by atoms with Crippen molar-refractivity contribution in [3.05, 3.63) is 41.0 Å². The first-order valence-corrected chi connectivity index (χ1v) is 7.20. The van der Waals surface area contributed by atoms with Gasteiger partial charge in [-0.1, -0.05) is 25.5 Å². The van der Waals surface area contributed by atoms with E-state index in [0.717, 1.165) is 30.0 Å². The van der Waals surface area contributed by atoms with Crippen molar-refractivity contribution in [1.29, 1.82) is 0 Å². The van der Waals surface area contributed by atoms with E-state index in [1.165, 1.54) is 12.5 Å². The van der Waals surface area contributed by atoms with Gasteiger partial charge in [0, 0.05) is 18.2 Å². The third-order valence-corrected chi connectivity index (χ3v) is 4.26. The standard InChI is InChI=1S/C17H21NO3/c1-12-13(7-8-15(19)20)5-3-6-14(12)16(21)18-11-17(2)9-4-10-17/h3,5-8H,4,9-11H2,1-2H3,(H,18,21)(H,19,20)/b8-7+. The molecule has 0 spiro atoms. The first-order valence-electron chi connectivity index (χ1n) is 7.20. The monoisotopic (exact) mass is 287 g/mol. The molecule has 4 nitrogen and oxygen atoms in total. The maximum absolute atomic E-state index is 12.3. The molecular formula is C17H21NO3. The molecule has 0 bridgehead atoms. The molecule has 0 aromatic heterocycles. The minimum Gasteiger partial charge on any atom is -0.478 e. The summed E-state index contributed by atoms with van der Waals surface area (Å²) in [7, 11) is 0. The van der Waals surface area contributed by atoms with Gasteiger partial charge in [0.1, 0.15) is 0 Å². The average molecular weight is 287 g/mol. The second-order valence-electron chi connectivity index (χ2n) is 6.04. The zero-order valence-corrected chi connectivity index (χ0v) is 12.5. The summed E-state index contributed by atoms with van der Waals surface area (Å²) in [6.07, 6.45) is 6.16. The molecule has 1 aromatic carbocycles. The number of rotatable bonds is 5. The number of benzene rings is 1. The largest absolute Gasteiger partial charge is 0.478 e. The van der Waals surface area contributed by atoms with Crippen LogP contribution in [0.4, 0.5) is 0 Å². The number of nitrogens with one attached hydrogen (secondary N) is 1. The van der Waals surface area contributed by atoms with Crippen LogP contribution in [-0.4, -0.2) is 23.5 Å². The molecule has 0 radical (unpaired) electrons. The zero-order valence-electron chi connectivity index (χ0n) is 12.5.